The number of thiazole rings is 1. The number of ketones is 2. The van der Waals surface area contributed by atoms with Gasteiger partial charge in [-0.25, -0.2) is 4.98 Å². The lowest BCUT2D eigenvalue weighted by molar-refractivity contribution is -0.125. The second-order valence-corrected chi connectivity index (χ2v) is 5.00. The molecule has 0 bridgehead atoms. The van der Waals surface area contributed by atoms with E-state index in [9.17, 15) is 9.59 Å². The van der Waals surface area contributed by atoms with Gasteiger partial charge in [-0.3, -0.25) is 9.59 Å². The normalized spacial score (nSPS) is 11.4. The standard InChI is InChI=1S/C10H13NO2S/c1-10(2,3)8(13)6-7(12)9-11-4-5-14-9/h4-5H,6H2,1-3H3. The van der Waals surface area contributed by atoms with Gasteiger partial charge >= 0.3 is 0 Å². The summed E-state index contributed by atoms with van der Waals surface area (Å²) in [5, 5.41) is 2.15. The molecular formula is C10H13NO2S. The van der Waals surface area contributed by atoms with Crippen LogP contribution in [-0.2, 0) is 4.79 Å². The zero-order valence-corrected chi connectivity index (χ0v) is 9.35. The molecule has 0 spiro atoms. The summed E-state index contributed by atoms with van der Waals surface area (Å²) in [4.78, 5) is 26.9. The zero-order chi connectivity index (χ0) is 10.8. The summed E-state index contributed by atoms with van der Waals surface area (Å²) in [6.45, 7) is 5.43. The Hall–Kier alpha value is -1.03. The Kier molecular flexibility index (Phi) is 3.16. The number of nitrogens with zero attached hydrogens (tertiary/aromatic N) is 1. The van der Waals surface area contributed by atoms with Gasteiger partial charge in [0.05, 0.1) is 6.42 Å². The van der Waals surface area contributed by atoms with E-state index in [0.29, 0.717) is 5.01 Å². The summed E-state index contributed by atoms with van der Waals surface area (Å²) in [7, 11) is 0. The largest absolute Gasteiger partial charge is 0.299 e. The predicted molar refractivity (Wildman–Crippen MR) is 55.5 cm³/mol. The molecule has 0 aliphatic rings. The third-order valence-corrected chi connectivity index (χ3v) is 2.64. The van der Waals surface area contributed by atoms with Gasteiger partial charge in [0.2, 0.25) is 0 Å². The van der Waals surface area contributed by atoms with Crippen LogP contribution in [0.5, 0.6) is 0 Å². The van der Waals surface area contributed by atoms with Gasteiger partial charge in [0.15, 0.2) is 10.8 Å². The smallest absolute Gasteiger partial charge is 0.198 e. The van der Waals surface area contributed by atoms with E-state index < -0.39 is 5.41 Å². The van der Waals surface area contributed by atoms with Crippen molar-refractivity contribution < 1.29 is 9.59 Å². The van der Waals surface area contributed by atoms with E-state index in [2.05, 4.69) is 4.98 Å². The zero-order valence-electron chi connectivity index (χ0n) is 8.53. The molecule has 0 saturated carbocycles. The van der Waals surface area contributed by atoms with Crippen LogP contribution >= 0.6 is 11.3 Å². The maximum Gasteiger partial charge on any atom is 0.198 e. The molecule has 1 aromatic rings. The van der Waals surface area contributed by atoms with Crippen LogP contribution in [0.4, 0.5) is 0 Å². The fraction of sp³-hybridized carbons (Fsp3) is 0.500. The second-order valence-electron chi connectivity index (χ2n) is 4.11. The third-order valence-electron chi connectivity index (χ3n) is 1.83. The van der Waals surface area contributed by atoms with Gasteiger partial charge in [-0.15, -0.1) is 11.3 Å². The van der Waals surface area contributed by atoms with Crippen molar-refractivity contribution in [1.29, 1.82) is 0 Å². The van der Waals surface area contributed by atoms with Crippen molar-refractivity contribution in [2.24, 2.45) is 5.41 Å². The molecule has 1 aromatic heterocycles. The minimum Gasteiger partial charge on any atom is -0.299 e. The van der Waals surface area contributed by atoms with E-state index in [1.54, 1.807) is 11.6 Å². The number of carbonyl (C=O) groups excluding carboxylic acids is 2. The van der Waals surface area contributed by atoms with E-state index >= 15 is 0 Å². The highest BCUT2D eigenvalue weighted by Crippen LogP contribution is 2.18. The molecule has 0 amide bonds. The lowest BCUT2D eigenvalue weighted by Gasteiger charge is -2.14. The van der Waals surface area contributed by atoms with Gasteiger partial charge in [-0.05, 0) is 0 Å². The molecule has 1 heterocycles. The lowest BCUT2D eigenvalue weighted by Crippen LogP contribution is -2.23. The van der Waals surface area contributed by atoms with Gasteiger partial charge in [-0.2, -0.15) is 0 Å². The number of Topliss-reactive ketones (excluding diaryl/α,β-unsaturated/α-hetero) is 2. The maximum absolute atomic E-state index is 11.5. The molecular weight excluding hydrogens is 198 g/mol. The van der Waals surface area contributed by atoms with Crippen molar-refractivity contribution in [2.75, 3.05) is 0 Å². The molecule has 0 atom stereocenters. The van der Waals surface area contributed by atoms with E-state index in [1.807, 2.05) is 20.8 Å². The topological polar surface area (TPSA) is 47.0 Å². The summed E-state index contributed by atoms with van der Waals surface area (Å²) >= 11 is 1.27. The Morgan fingerprint density at radius 1 is 1.43 bits per heavy atom. The average molecular weight is 211 g/mol. The highest BCUT2D eigenvalue weighted by atomic mass is 32.1. The van der Waals surface area contributed by atoms with Crippen LogP contribution in [0.15, 0.2) is 11.6 Å². The number of hydrogen-bond donors (Lipinski definition) is 0. The van der Waals surface area contributed by atoms with Crippen molar-refractivity contribution >= 4 is 22.9 Å². The molecule has 4 heteroatoms. The fourth-order valence-corrected chi connectivity index (χ4v) is 1.42. The van der Waals surface area contributed by atoms with Gasteiger partial charge in [0, 0.05) is 17.0 Å². The highest BCUT2D eigenvalue weighted by Gasteiger charge is 2.24. The van der Waals surface area contributed by atoms with Gasteiger partial charge in [-0.1, -0.05) is 20.8 Å². The molecule has 0 saturated heterocycles. The first-order chi connectivity index (χ1) is 6.41. The Morgan fingerprint density at radius 3 is 2.50 bits per heavy atom. The molecule has 3 nitrogen and oxygen atoms in total. The molecule has 0 N–H and O–H groups in total. The molecule has 0 fully saturated rings. The van der Waals surface area contributed by atoms with Gasteiger partial charge in [0.25, 0.3) is 0 Å². The van der Waals surface area contributed by atoms with Crippen molar-refractivity contribution in [3.8, 4) is 0 Å². The van der Waals surface area contributed by atoms with Crippen LogP contribution in [0.1, 0.15) is 37.0 Å². The number of aromatic nitrogens is 1. The Balaban J connectivity index is 2.63. The Morgan fingerprint density at radius 2 is 2.07 bits per heavy atom. The number of rotatable bonds is 3. The minimum absolute atomic E-state index is 0.0438. The molecule has 76 valence electrons. The summed E-state index contributed by atoms with van der Waals surface area (Å²) in [6, 6.07) is 0. The molecule has 1 rings (SSSR count). The second kappa shape index (κ2) is 4.00. The average Bonchev–Trinajstić information content (AvgIpc) is 2.53. The molecule has 14 heavy (non-hydrogen) atoms. The maximum atomic E-state index is 11.5. The first kappa shape index (κ1) is 11.0. The molecule has 0 aromatic carbocycles. The van der Waals surface area contributed by atoms with Gasteiger partial charge < -0.3 is 0 Å². The van der Waals surface area contributed by atoms with E-state index in [1.165, 1.54) is 11.3 Å². The molecule has 0 aliphatic heterocycles. The molecule has 0 aliphatic carbocycles. The molecule has 0 unspecified atom stereocenters. The first-order valence-corrected chi connectivity index (χ1v) is 5.25. The van der Waals surface area contributed by atoms with E-state index in [0.717, 1.165) is 0 Å². The summed E-state index contributed by atoms with van der Waals surface area (Å²) in [5.41, 5.74) is -0.451. The van der Waals surface area contributed by atoms with Crippen LogP contribution in [0.25, 0.3) is 0 Å². The fourth-order valence-electron chi connectivity index (χ4n) is 0.848. The van der Waals surface area contributed by atoms with Crippen LogP contribution in [-0.4, -0.2) is 16.6 Å². The monoisotopic (exact) mass is 211 g/mol. The van der Waals surface area contributed by atoms with Crippen molar-refractivity contribution in [3.63, 3.8) is 0 Å². The number of carbonyl (C=O) groups is 2. The van der Waals surface area contributed by atoms with Crippen LogP contribution in [0, 0.1) is 5.41 Å². The summed E-state index contributed by atoms with van der Waals surface area (Å²) < 4.78 is 0. The Bertz CT molecular complexity index is 336. The number of hydrogen-bond acceptors (Lipinski definition) is 4. The lowest BCUT2D eigenvalue weighted by atomic mass is 9.88. The highest BCUT2D eigenvalue weighted by molar-refractivity contribution is 7.11. The van der Waals surface area contributed by atoms with Gasteiger partial charge in [0.1, 0.15) is 5.78 Å². The van der Waals surface area contributed by atoms with E-state index in [-0.39, 0.29) is 18.0 Å². The van der Waals surface area contributed by atoms with Crippen LogP contribution in [0.3, 0.4) is 0 Å². The third kappa shape index (κ3) is 2.73. The SMILES string of the molecule is CC(C)(C)C(=O)CC(=O)c1nccs1. The summed E-state index contributed by atoms with van der Waals surface area (Å²) in [5.74, 6) is -0.224. The minimum atomic E-state index is -0.451. The Labute approximate surface area is 87.2 Å². The van der Waals surface area contributed by atoms with Crippen LogP contribution in [0.2, 0.25) is 0 Å². The quantitative estimate of drug-likeness (QED) is 0.569. The van der Waals surface area contributed by atoms with Crippen LogP contribution < -0.4 is 0 Å². The molecule has 0 radical (unpaired) electrons. The van der Waals surface area contributed by atoms with Crippen molar-refractivity contribution in [1.82, 2.24) is 4.98 Å². The summed E-state index contributed by atoms with van der Waals surface area (Å²) in [6.07, 6.45) is 1.52. The van der Waals surface area contributed by atoms with Crippen molar-refractivity contribution in [2.45, 2.75) is 27.2 Å². The van der Waals surface area contributed by atoms with Crippen molar-refractivity contribution in [3.05, 3.63) is 16.6 Å². The predicted octanol–water partition coefficient (Wildman–Crippen LogP) is 2.33. The first-order valence-electron chi connectivity index (χ1n) is 4.37. The van der Waals surface area contributed by atoms with E-state index in [4.69, 9.17) is 0 Å².